The Hall–Kier alpha value is -1.37. The van der Waals surface area contributed by atoms with E-state index in [2.05, 4.69) is 36.7 Å². The highest BCUT2D eigenvalue weighted by Crippen LogP contribution is 2.12. The highest BCUT2D eigenvalue weighted by molar-refractivity contribution is 5.93. The van der Waals surface area contributed by atoms with Crippen molar-refractivity contribution in [2.75, 3.05) is 0 Å². The molecular weight excluding hydrogens is 170 g/mol. The first-order valence-electron chi connectivity index (χ1n) is 4.85. The van der Waals surface area contributed by atoms with E-state index in [1.807, 2.05) is 19.9 Å². The normalized spacial score (nSPS) is 28.2. The minimum absolute atomic E-state index is 0.845. The molecule has 0 aromatic rings. The number of rotatable bonds is 0. The Bertz CT molecular complexity index is 351. The van der Waals surface area contributed by atoms with Gasteiger partial charge in [0.15, 0.2) is 0 Å². The van der Waals surface area contributed by atoms with Crippen LogP contribution in [-0.4, -0.2) is 5.71 Å². The van der Waals surface area contributed by atoms with Gasteiger partial charge in [-0.1, -0.05) is 30.4 Å². The summed E-state index contributed by atoms with van der Waals surface area (Å²) in [4.78, 5) is 4.38. The van der Waals surface area contributed by atoms with Crippen LogP contribution in [-0.2, 0) is 0 Å². The Kier molecular flexibility index (Phi) is 3.63. The van der Waals surface area contributed by atoms with Crippen LogP contribution in [0.15, 0.2) is 52.7 Å². The van der Waals surface area contributed by atoms with Gasteiger partial charge in [-0.25, -0.2) is 0 Å². The summed E-state index contributed by atoms with van der Waals surface area (Å²) in [7, 11) is 0. The fourth-order valence-corrected chi connectivity index (χ4v) is 1.19. The van der Waals surface area contributed by atoms with Crippen molar-refractivity contribution in [3.05, 3.63) is 47.7 Å². The molecule has 0 atom stereocenters. The van der Waals surface area contributed by atoms with Crippen molar-refractivity contribution in [3.63, 3.8) is 0 Å². The molecule has 1 aliphatic heterocycles. The van der Waals surface area contributed by atoms with Gasteiger partial charge in [-0.05, 0) is 38.8 Å². The van der Waals surface area contributed by atoms with Gasteiger partial charge >= 0.3 is 0 Å². The van der Waals surface area contributed by atoms with E-state index < -0.39 is 0 Å². The molecule has 1 heteroatoms. The second kappa shape index (κ2) is 4.75. The molecule has 0 saturated heterocycles. The van der Waals surface area contributed by atoms with Gasteiger partial charge in [-0.3, -0.25) is 4.99 Å². The Labute approximate surface area is 86.2 Å². The van der Waals surface area contributed by atoms with Crippen LogP contribution in [0.1, 0.15) is 27.2 Å². The van der Waals surface area contributed by atoms with E-state index in [0.717, 1.165) is 23.4 Å². The Morgan fingerprint density at radius 3 is 2.64 bits per heavy atom. The minimum atomic E-state index is 0.845. The van der Waals surface area contributed by atoms with Crippen molar-refractivity contribution in [1.82, 2.24) is 0 Å². The van der Waals surface area contributed by atoms with Gasteiger partial charge in [0.2, 0.25) is 0 Å². The molecule has 1 rings (SSSR count). The van der Waals surface area contributed by atoms with E-state index in [4.69, 9.17) is 0 Å². The SMILES string of the molecule is C=C1N=C(C)/C=C\C/C(C)=C\C=C/1C. The van der Waals surface area contributed by atoms with Crippen molar-refractivity contribution < 1.29 is 0 Å². The van der Waals surface area contributed by atoms with E-state index in [1.54, 1.807) is 0 Å². The lowest BCUT2D eigenvalue weighted by atomic mass is 10.1. The number of aliphatic imine (C=N–C) groups is 1. The molecular formula is C13H17N. The van der Waals surface area contributed by atoms with Crippen LogP contribution in [0.3, 0.4) is 0 Å². The quantitative estimate of drug-likeness (QED) is 0.546. The molecule has 1 nitrogen and oxygen atoms in total. The molecule has 0 unspecified atom stereocenters. The summed E-state index contributed by atoms with van der Waals surface area (Å²) in [6.45, 7) is 10.1. The van der Waals surface area contributed by atoms with Crippen molar-refractivity contribution in [1.29, 1.82) is 0 Å². The maximum atomic E-state index is 4.38. The second-order valence-electron chi connectivity index (χ2n) is 3.67. The minimum Gasteiger partial charge on any atom is -0.254 e. The molecule has 0 fully saturated rings. The molecule has 1 heterocycles. The average Bonchev–Trinajstić information content (AvgIpc) is 2.12. The van der Waals surface area contributed by atoms with Crippen LogP contribution in [0.2, 0.25) is 0 Å². The molecule has 0 radical (unpaired) electrons. The van der Waals surface area contributed by atoms with Gasteiger partial charge in [-0.2, -0.15) is 0 Å². The summed E-state index contributed by atoms with van der Waals surface area (Å²) < 4.78 is 0. The summed E-state index contributed by atoms with van der Waals surface area (Å²) in [6, 6.07) is 0. The molecule has 0 aromatic carbocycles. The van der Waals surface area contributed by atoms with Gasteiger partial charge in [0.05, 0.1) is 5.70 Å². The van der Waals surface area contributed by atoms with E-state index in [-0.39, 0.29) is 0 Å². The Morgan fingerprint density at radius 2 is 1.93 bits per heavy atom. The van der Waals surface area contributed by atoms with Gasteiger partial charge in [0.1, 0.15) is 0 Å². The largest absolute Gasteiger partial charge is 0.254 e. The first-order chi connectivity index (χ1) is 6.59. The number of hydrogen-bond donors (Lipinski definition) is 0. The summed E-state index contributed by atoms with van der Waals surface area (Å²) in [5.41, 5.74) is 4.33. The van der Waals surface area contributed by atoms with Crippen molar-refractivity contribution >= 4 is 5.71 Å². The molecule has 0 aliphatic carbocycles. The predicted molar refractivity (Wildman–Crippen MR) is 63.5 cm³/mol. The summed E-state index contributed by atoms with van der Waals surface area (Å²) >= 11 is 0. The van der Waals surface area contributed by atoms with Crippen LogP contribution < -0.4 is 0 Å². The third-order valence-electron chi connectivity index (χ3n) is 2.18. The third kappa shape index (κ3) is 3.17. The van der Waals surface area contributed by atoms with Crippen LogP contribution in [0, 0.1) is 0 Å². The second-order valence-corrected chi connectivity index (χ2v) is 3.67. The molecule has 14 heavy (non-hydrogen) atoms. The van der Waals surface area contributed by atoms with Crippen molar-refractivity contribution in [2.24, 2.45) is 4.99 Å². The first-order valence-corrected chi connectivity index (χ1v) is 4.85. The van der Waals surface area contributed by atoms with Crippen LogP contribution in [0.5, 0.6) is 0 Å². The molecule has 0 aromatic heterocycles. The number of nitrogens with zero attached hydrogens (tertiary/aromatic N) is 1. The molecule has 74 valence electrons. The lowest BCUT2D eigenvalue weighted by Crippen LogP contribution is -1.89. The molecule has 0 N–H and O–H groups in total. The van der Waals surface area contributed by atoms with E-state index >= 15 is 0 Å². The summed E-state index contributed by atoms with van der Waals surface area (Å²) in [5, 5.41) is 0. The molecule has 0 saturated carbocycles. The van der Waals surface area contributed by atoms with E-state index in [9.17, 15) is 0 Å². The topological polar surface area (TPSA) is 12.4 Å². The highest BCUT2D eigenvalue weighted by atomic mass is 14.7. The standard InChI is InChI=1S/C13H17N/c1-10-6-5-7-12(3)14-13(4)11(2)9-8-10/h5,7-9H,4,6H2,1-3H3/b7-5-,10-8-,11-9-,14-12?. The smallest absolute Gasteiger partial charge is 0.0590 e. The lowest BCUT2D eigenvalue weighted by molar-refractivity contribution is 1.20. The van der Waals surface area contributed by atoms with Crippen molar-refractivity contribution in [3.8, 4) is 0 Å². The average molecular weight is 187 g/mol. The van der Waals surface area contributed by atoms with Gasteiger partial charge < -0.3 is 0 Å². The van der Waals surface area contributed by atoms with Crippen LogP contribution >= 0.6 is 0 Å². The predicted octanol–water partition coefficient (Wildman–Crippen LogP) is 3.81. The lowest BCUT2D eigenvalue weighted by Gasteiger charge is -2.03. The maximum Gasteiger partial charge on any atom is 0.0590 e. The zero-order valence-electron chi connectivity index (χ0n) is 9.17. The molecule has 0 bridgehead atoms. The monoisotopic (exact) mass is 187 g/mol. The molecule has 0 spiro atoms. The highest BCUT2D eigenvalue weighted by Gasteiger charge is 1.96. The zero-order chi connectivity index (χ0) is 10.6. The van der Waals surface area contributed by atoms with Gasteiger partial charge in [0, 0.05) is 5.71 Å². The van der Waals surface area contributed by atoms with Crippen LogP contribution in [0.25, 0.3) is 0 Å². The molecule has 1 aliphatic rings. The van der Waals surface area contributed by atoms with E-state index in [1.165, 1.54) is 5.57 Å². The number of allylic oxidation sites excluding steroid dienone is 6. The fraction of sp³-hybridized carbons (Fsp3) is 0.308. The maximum absolute atomic E-state index is 4.38. The molecule has 0 amide bonds. The summed E-state index contributed by atoms with van der Waals surface area (Å²) in [6.07, 6.45) is 9.37. The van der Waals surface area contributed by atoms with Crippen molar-refractivity contribution in [2.45, 2.75) is 27.2 Å². The zero-order valence-corrected chi connectivity index (χ0v) is 9.17. The van der Waals surface area contributed by atoms with E-state index in [0.29, 0.717) is 0 Å². The third-order valence-corrected chi connectivity index (χ3v) is 2.18. The van der Waals surface area contributed by atoms with Crippen LogP contribution in [0.4, 0.5) is 0 Å². The Morgan fingerprint density at radius 1 is 1.21 bits per heavy atom. The summed E-state index contributed by atoms with van der Waals surface area (Å²) in [5.74, 6) is 0. The Balaban J connectivity index is 3.03. The van der Waals surface area contributed by atoms with Gasteiger partial charge in [0.25, 0.3) is 0 Å². The van der Waals surface area contributed by atoms with Gasteiger partial charge in [-0.15, -0.1) is 0 Å². The first kappa shape index (κ1) is 10.7. The fourth-order valence-electron chi connectivity index (χ4n) is 1.19. The number of hydrogen-bond acceptors (Lipinski definition) is 1.